The van der Waals surface area contributed by atoms with E-state index in [-0.39, 0.29) is 6.04 Å². The fraction of sp³-hybridized carbons (Fsp3) is 0.267. The van der Waals surface area contributed by atoms with Gasteiger partial charge in [-0.3, -0.25) is 4.98 Å². The van der Waals surface area contributed by atoms with E-state index in [4.69, 9.17) is 10.5 Å². The molecule has 2 aromatic rings. The molecule has 0 saturated heterocycles. The first-order valence-corrected chi connectivity index (χ1v) is 6.15. The summed E-state index contributed by atoms with van der Waals surface area (Å²) in [6.45, 7) is 4.00. The fourth-order valence-electron chi connectivity index (χ4n) is 1.72. The van der Waals surface area contributed by atoms with E-state index in [2.05, 4.69) is 11.9 Å². The number of rotatable bonds is 4. The molecule has 1 atom stereocenters. The van der Waals surface area contributed by atoms with Crippen LogP contribution in [-0.4, -0.2) is 4.98 Å². The topological polar surface area (TPSA) is 48.1 Å². The van der Waals surface area contributed by atoms with Crippen molar-refractivity contribution in [2.24, 2.45) is 5.73 Å². The molecule has 0 unspecified atom stereocenters. The van der Waals surface area contributed by atoms with Gasteiger partial charge in [-0.1, -0.05) is 19.1 Å². The van der Waals surface area contributed by atoms with E-state index in [9.17, 15) is 0 Å². The third-order valence-corrected chi connectivity index (χ3v) is 2.93. The molecule has 0 bridgehead atoms. The SMILES string of the molecule is CC[C@H](N)c1ccc(Oc2cccnc2C)cc1. The minimum Gasteiger partial charge on any atom is -0.455 e. The Bertz CT molecular complexity index is 508. The zero-order chi connectivity index (χ0) is 13.0. The maximum atomic E-state index is 5.97. The minimum absolute atomic E-state index is 0.0965. The summed E-state index contributed by atoms with van der Waals surface area (Å²) < 4.78 is 5.77. The molecule has 18 heavy (non-hydrogen) atoms. The predicted octanol–water partition coefficient (Wildman–Crippen LogP) is 3.59. The van der Waals surface area contributed by atoms with Crippen LogP contribution in [0.3, 0.4) is 0 Å². The summed E-state index contributed by atoms with van der Waals surface area (Å²) in [5, 5.41) is 0. The fourth-order valence-corrected chi connectivity index (χ4v) is 1.72. The van der Waals surface area contributed by atoms with Gasteiger partial charge in [0.05, 0.1) is 5.69 Å². The molecule has 2 N–H and O–H groups in total. The molecule has 0 amide bonds. The number of benzene rings is 1. The number of nitrogens with zero attached hydrogens (tertiary/aromatic N) is 1. The molecule has 94 valence electrons. The first kappa shape index (κ1) is 12.6. The zero-order valence-corrected chi connectivity index (χ0v) is 10.8. The lowest BCUT2D eigenvalue weighted by atomic mass is 10.1. The standard InChI is InChI=1S/C15H18N2O/c1-3-14(16)12-6-8-13(9-7-12)18-15-5-4-10-17-11(15)2/h4-10,14H,3,16H2,1-2H3/t14-/m0/s1. The zero-order valence-electron chi connectivity index (χ0n) is 10.8. The van der Waals surface area contributed by atoms with Gasteiger partial charge in [-0.05, 0) is 43.2 Å². The van der Waals surface area contributed by atoms with Gasteiger partial charge in [-0.2, -0.15) is 0 Å². The average Bonchev–Trinajstić information content (AvgIpc) is 2.41. The van der Waals surface area contributed by atoms with Gasteiger partial charge in [0.15, 0.2) is 0 Å². The Morgan fingerprint density at radius 3 is 2.56 bits per heavy atom. The summed E-state index contributed by atoms with van der Waals surface area (Å²) in [5.74, 6) is 1.59. The molecule has 0 aliphatic rings. The molecular formula is C15H18N2O. The van der Waals surface area contributed by atoms with E-state index in [1.165, 1.54) is 0 Å². The van der Waals surface area contributed by atoms with Gasteiger partial charge in [0.2, 0.25) is 0 Å². The summed E-state index contributed by atoms with van der Waals surface area (Å²) in [6, 6.07) is 11.8. The Kier molecular flexibility index (Phi) is 3.95. The van der Waals surface area contributed by atoms with Crippen molar-refractivity contribution in [3.05, 3.63) is 53.9 Å². The van der Waals surface area contributed by atoms with Crippen molar-refractivity contribution in [1.29, 1.82) is 0 Å². The molecule has 0 fully saturated rings. The van der Waals surface area contributed by atoms with Crippen LogP contribution in [0.4, 0.5) is 0 Å². The van der Waals surface area contributed by atoms with Gasteiger partial charge < -0.3 is 10.5 Å². The van der Waals surface area contributed by atoms with E-state index in [0.717, 1.165) is 29.2 Å². The molecule has 0 saturated carbocycles. The molecule has 2 rings (SSSR count). The predicted molar refractivity (Wildman–Crippen MR) is 72.7 cm³/mol. The number of aryl methyl sites for hydroxylation is 1. The van der Waals surface area contributed by atoms with Crippen LogP contribution in [0.25, 0.3) is 0 Å². The molecular weight excluding hydrogens is 224 g/mol. The van der Waals surface area contributed by atoms with Crippen molar-refractivity contribution in [2.45, 2.75) is 26.3 Å². The summed E-state index contributed by atoms with van der Waals surface area (Å²) in [4.78, 5) is 4.19. The maximum Gasteiger partial charge on any atom is 0.148 e. The van der Waals surface area contributed by atoms with E-state index in [1.54, 1.807) is 6.20 Å². The third-order valence-electron chi connectivity index (χ3n) is 2.93. The quantitative estimate of drug-likeness (QED) is 0.891. The van der Waals surface area contributed by atoms with Gasteiger partial charge in [-0.25, -0.2) is 0 Å². The first-order valence-electron chi connectivity index (χ1n) is 6.15. The van der Waals surface area contributed by atoms with Crippen LogP contribution >= 0.6 is 0 Å². The molecule has 1 aromatic carbocycles. The van der Waals surface area contributed by atoms with Gasteiger partial charge in [0, 0.05) is 12.2 Å². The second kappa shape index (κ2) is 5.65. The molecule has 3 nitrogen and oxygen atoms in total. The normalized spacial score (nSPS) is 12.2. The Morgan fingerprint density at radius 2 is 1.94 bits per heavy atom. The maximum absolute atomic E-state index is 5.97. The highest BCUT2D eigenvalue weighted by molar-refractivity contribution is 5.35. The summed E-state index contributed by atoms with van der Waals surface area (Å²) in [5.41, 5.74) is 7.98. The third kappa shape index (κ3) is 2.87. The van der Waals surface area contributed by atoms with Crippen molar-refractivity contribution in [2.75, 3.05) is 0 Å². The van der Waals surface area contributed by atoms with Crippen LogP contribution in [0.15, 0.2) is 42.6 Å². The van der Waals surface area contributed by atoms with Gasteiger partial charge in [-0.15, -0.1) is 0 Å². The van der Waals surface area contributed by atoms with Crippen LogP contribution in [-0.2, 0) is 0 Å². The van der Waals surface area contributed by atoms with Crippen molar-refractivity contribution in [1.82, 2.24) is 4.98 Å². The average molecular weight is 242 g/mol. The highest BCUT2D eigenvalue weighted by Crippen LogP contribution is 2.25. The molecule has 0 aliphatic heterocycles. The molecule has 0 radical (unpaired) electrons. The lowest BCUT2D eigenvalue weighted by Crippen LogP contribution is -2.08. The minimum atomic E-state index is 0.0965. The van der Waals surface area contributed by atoms with E-state index >= 15 is 0 Å². The van der Waals surface area contributed by atoms with E-state index in [0.29, 0.717) is 0 Å². The molecule has 1 heterocycles. The van der Waals surface area contributed by atoms with Crippen LogP contribution in [0.1, 0.15) is 30.6 Å². The van der Waals surface area contributed by atoms with Crippen molar-refractivity contribution in [3.8, 4) is 11.5 Å². The highest BCUT2D eigenvalue weighted by Gasteiger charge is 2.04. The summed E-state index contributed by atoms with van der Waals surface area (Å²) in [6.07, 6.45) is 2.69. The molecule has 0 aliphatic carbocycles. The Balaban J connectivity index is 2.14. The summed E-state index contributed by atoms with van der Waals surface area (Å²) in [7, 11) is 0. The Labute approximate surface area is 108 Å². The lowest BCUT2D eigenvalue weighted by Gasteiger charge is -2.11. The van der Waals surface area contributed by atoms with Crippen molar-refractivity contribution in [3.63, 3.8) is 0 Å². The number of pyridine rings is 1. The Hall–Kier alpha value is -1.87. The Morgan fingerprint density at radius 1 is 1.22 bits per heavy atom. The number of ether oxygens (including phenoxy) is 1. The molecule has 1 aromatic heterocycles. The number of hydrogen-bond donors (Lipinski definition) is 1. The highest BCUT2D eigenvalue weighted by atomic mass is 16.5. The van der Waals surface area contributed by atoms with Crippen molar-refractivity contribution >= 4 is 0 Å². The second-order valence-electron chi connectivity index (χ2n) is 4.27. The van der Waals surface area contributed by atoms with E-state index < -0.39 is 0 Å². The van der Waals surface area contributed by atoms with Crippen LogP contribution < -0.4 is 10.5 Å². The lowest BCUT2D eigenvalue weighted by molar-refractivity contribution is 0.475. The first-order chi connectivity index (χ1) is 8.70. The number of hydrogen-bond acceptors (Lipinski definition) is 3. The van der Waals surface area contributed by atoms with Gasteiger partial charge in [0.25, 0.3) is 0 Å². The molecule has 0 spiro atoms. The van der Waals surface area contributed by atoms with Gasteiger partial charge >= 0.3 is 0 Å². The smallest absolute Gasteiger partial charge is 0.148 e. The second-order valence-corrected chi connectivity index (χ2v) is 4.27. The van der Waals surface area contributed by atoms with Gasteiger partial charge in [0.1, 0.15) is 11.5 Å². The van der Waals surface area contributed by atoms with Crippen molar-refractivity contribution < 1.29 is 4.74 Å². The van der Waals surface area contributed by atoms with Crippen LogP contribution in [0.5, 0.6) is 11.5 Å². The monoisotopic (exact) mass is 242 g/mol. The van der Waals surface area contributed by atoms with Crippen LogP contribution in [0, 0.1) is 6.92 Å². The van der Waals surface area contributed by atoms with E-state index in [1.807, 2.05) is 43.3 Å². The number of aromatic nitrogens is 1. The molecule has 3 heteroatoms. The van der Waals surface area contributed by atoms with Crippen LogP contribution in [0.2, 0.25) is 0 Å². The summed E-state index contributed by atoms with van der Waals surface area (Å²) >= 11 is 0. The largest absolute Gasteiger partial charge is 0.455 e. The number of nitrogens with two attached hydrogens (primary N) is 1.